The van der Waals surface area contributed by atoms with Gasteiger partial charge in [0, 0.05) is 25.8 Å². The summed E-state index contributed by atoms with van der Waals surface area (Å²) in [6, 6.07) is 4.90. The standard InChI is InChI=1S/C16H26N4/c1-13(18(2)3)15-5-7-20(8-6-15)12-14-9-16(10-17)19(4)11-14/h9,11,13,15H,5-8,12H2,1-4H3. The molecular weight excluding hydrogens is 248 g/mol. The Morgan fingerprint density at radius 1 is 1.40 bits per heavy atom. The van der Waals surface area contributed by atoms with Gasteiger partial charge < -0.3 is 9.47 Å². The van der Waals surface area contributed by atoms with Crippen LogP contribution in [0.5, 0.6) is 0 Å². The number of aryl methyl sites for hydroxylation is 1. The van der Waals surface area contributed by atoms with Crippen molar-refractivity contribution >= 4 is 0 Å². The van der Waals surface area contributed by atoms with E-state index in [1.54, 1.807) is 0 Å². The number of likely N-dealkylation sites (tertiary alicyclic amines) is 1. The molecule has 0 bridgehead atoms. The molecule has 0 aromatic carbocycles. The summed E-state index contributed by atoms with van der Waals surface area (Å²) in [7, 11) is 6.28. The molecule has 0 N–H and O–H groups in total. The molecule has 1 aliphatic heterocycles. The molecule has 0 saturated carbocycles. The fourth-order valence-corrected chi connectivity index (χ4v) is 3.10. The molecule has 1 unspecified atom stereocenters. The number of aromatic nitrogens is 1. The molecule has 0 aliphatic carbocycles. The molecule has 1 aliphatic rings. The predicted molar refractivity (Wildman–Crippen MR) is 81.3 cm³/mol. The van der Waals surface area contributed by atoms with Gasteiger partial charge in [-0.2, -0.15) is 5.26 Å². The molecule has 0 amide bonds. The van der Waals surface area contributed by atoms with Gasteiger partial charge in [-0.3, -0.25) is 4.90 Å². The van der Waals surface area contributed by atoms with Crippen LogP contribution >= 0.6 is 0 Å². The van der Waals surface area contributed by atoms with E-state index in [1.165, 1.54) is 31.5 Å². The van der Waals surface area contributed by atoms with Crippen molar-refractivity contribution in [1.82, 2.24) is 14.4 Å². The second kappa shape index (κ2) is 6.43. The molecule has 1 aromatic rings. The lowest BCUT2D eigenvalue weighted by Gasteiger charge is -2.37. The average Bonchev–Trinajstić information content (AvgIpc) is 2.78. The van der Waals surface area contributed by atoms with Crippen LogP contribution in [0.2, 0.25) is 0 Å². The van der Waals surface area contributed by atoms with Crippen molar-refractivity contribution in [2.45, 2.75) is 32.4 Å². The van der Waals surface area contributed by atoms with Crippen LogP contribution in [0.1, 0.15) is 31.0 Å². The lowest BCUT2D eigenvalue weighted by Crippen LogP contribution is -2.41. The number of rotatable bonds is 4. The van der Waals surface area contributed by atoms with E-state index >= 15 is 0 Å². The van der Waals surface area contributed by atoms with Crippen LogP contribution < -0.4 is 0 Å². The molecule has 0 radical (unpaired) electrons. The highest BCUT2D eigenvalue weighted by atomic mass is 15.1. The Morgan fingerprint density at radius 3 is 2.55 bits per heavy atom. The SMILES string of the molecule is CC(C1CCN(Cc2cc(C#N)n(C)c2)CC1)N(C)C. The Labute approximate surface area is 122 Å². The van der Waals surface area contributed by atoms with E-state index in [0.717, 1.165) is 18.2 Å². The van der Waals surface area contributed by atoms with E-state index in [0.29, 0.717) is 6.04 Å². The summed E-state index contributed by atoms with van der Waals surface area (Å²) in [6.07, 6.45) is 4.63. The Balaban J connectivity index is 1.87. The van der Waals surface area contributed by atoms with Crippen molar-refractivity contribution in [3.63, 3.8) is 0 Å². The van der Waals surface area contributed by atoms with Gasteiger partial charge >= 0.3 is 0 Å². The predicted octanol–water partition coefficient (Wildman–Crippen LogP) is 2.06. The Kier molecular flexibility index (Phi) is 4.85. The first-order valence-corrected chi connectivity index (χ1v) is 7.45. The maximum absolute atomic E-state index is 9.00. The number of hydrogen-bond donors (Lipinski definition) is 0. The molecule has 2 rings (SSSR count). The molecule has 4 heteroatoms. The lowest BCUT2D eigenvalue weighted by atomic mass is 9.89. The summed E-state index contributed by atoms with van der Waals surface area (Å²) in [6.45, 7) is 5.63. The average molecular weight is 274 g/mol. The van der Waals surface area contributed by atoms with Gasteiger partial charge in [0.15, 0.2) is 0 Å². The molecule has 2 heterocycles. The van der Waals surface area contributed by atoms with Gasteiger partial charge in [-0.1, -0.05) is 0 Å². The fraction of sp³-hybridized carbons (Fsp3) is 0.688. The second-order valence-electron chi connectivity index (χ2n) is 6.27. The molecule has 1 saturated heterocycles. The van der Waals surface area contributed by atoms with Gasteiger partial charge in [0.1, 0.15) is 11.8 Å². The highest BCUT2D eigenvalue weighted by molar-refractivity contribution is 5.28. The van der Waals surface area contributed by atoms with Crippen LogP contribution in [0, 0.1) is 17.2 Å². The summed E-state index contributed by atoms with van der Waals surface area (Å²) in [5.41, 5.74) is 2.00. The first-order valence-electron chi connectivity index (χ1n) is 7.45. The van der Waals surface area contributed by atoms with Crippen LogP contribution in [-0.4, -0.2) is 47.6 Å². The van der Waals surface area contributed by atoms with Gasteiger partial charge in [-0.25, -0.2) is 0 Å². The van der Waals surface area contributed by atoms with Gasteiger partial charge in [0.2, 0.25) is 0 Å². The maximum Gasteiger partial charge on any atom is 0.120 e. The van der Waals surface area contributed by atoms with E-state index in [-0.39, 0.29) is 0 Å². The summed E-state index contributed by atoms with van der Waals surface area (Å²) in [5, 5.41) is 9.00. The van der Waals surface area contributed by atoms with Gasteiger partial charge in [-0.05, 0) is 64.5 Å². The van der Waals surface area contributed by atoms with Crippen LogP contribution in [0.4, 0.5) is 0 Å². The first kappa shape index (κ1) is 15.1. The van der Waals surface area contributed by atoms with Crippen LogP contribution in [0.25, 0.3) is 0 Å². The maximum atomic E-state index is 9.00. The molecule has 4 nitrogen and oxygen atoms in total. The zero-order valence-electron chi connectivity index (χ0n) is 13.1. The number of piperidine rings is 1. The number of nitrogens with zero attached hydrogens (tertiary/aromatic N) is 4. The summed E-state index contributed by atoms with van der Waals surface area (Å²) in [5.74, 6) is 0.812. The number of nitriles is 1. The van der Waals surface area contributed by atoms with E-state index in [2.05, 4.69) is 43.1 Å². The topological polar surface area (TPSA) is 35.2 Å². The van der Waals surface area contributed by atoms with Crippen LogP contribution in [-0.2, 0) is 13.6 Å². The number of hydrogen-bond acceptors (Lipinski definition) is 3. The van der Waals surface area contributed by atoms with Crippen molar-refractivity contribution in [3.8, 4) is 6.07 Å². The highest BCUT2D eigenvalue weighted by Crippen LogP contribution is 2.24. The molecule has 1 atom stereocenters. The van der Waals surface area contributed by atoms with E-state index in [4.69, 9.17) is 5.26 Å². The quantitative estimate of drug-likeness (QED) is 0.843. The lowest BCUT2D eigenvalue weighted by molar-refractivity contribution is 0.121. The largest absolute Gasteiger partial charge is 0.342 e. The summed E-state index contributed by atoms with van der Waals surface area (Å²) < 4.78 is 1.91. The molecule has 110 valence electrons. The molecule has 1 aromatic heterocycles. The first-order chi connectivity index (χ1) is 9.51. The summed E-state index contributed by atoms with van der Waals surface area (Å²) >= 11 is 0. The Hall–Kier alpha value is -1.31. The third-order valence-electron chi connectivity index (χ3n) is 4.71. The van der Waals surface area contributed by atoms with Gasteiger partial charge in [0.25, 0.3) is 0 Å². The molecule has 0 spiro atoms. The Bertz CT molecular complexity index is 475. The Morgan fingerprint density at radius 2 is 2.05 bits per heavy atom. The normalized spacial score (nSPS) is 19.2. The zero-order valence-corrected chi connectivity index (χ0v) is 13.1. The van der Waals surface area contributed by atoms with E-state index in [9.17, 15) is 0 Å². The van der Waals surface area contributed by atoms with Gasteiger partial charge in [0.05, 0.1) is 0 Å². The highest BCUT2D eigenvalue weighted by Gasteiger charge is 2.25. The van der Waals surface area contributed by atoms with Crippen molar-refractivity contribution in [3.05, 3.63) is 23.5 Å². The fourth-order valence-electron chi connectivity index (χ4n) is 3.10. The minimum absolute atomic E-state index is 0.666. The minimum Gasteiger partial charge on any atom is -0.342 e. The van der Waals surface area contributed by atoms with Crippen molar-refractivity contribution in [1.29, 1.82) is 5.26 Å². The van der Waals surface area contributed by atoms with Crippen LogP contribution in [0.15, 0.2) is 12.3 Å². The second-order valence-corrected chi connectivity index (χ2v) is 6.27. The van der Waals surface area contributed by atoms with Crippen molar-refractivity contribution in [2.75, 3.05) is 27.2 Å². The van der Waals surface area contributed by atoms with Crippen molar-refractivity contribution in [2.24, 2.45) is 13.0 Å². The summed E-state index contributed by atoms with van der Waals surface area (Å²) in [4.78, 5) is 4.84. The molecule has 20 heavy (non-hydrogen) atoms. The van der Waals surface area contributed by atoms with E-state index in [1.807, 2.05) is 17.7 Å². The minimum atomic E-state index is 0.666. The zero-order chi connectivity index (χ0) is 14.7. The monoisotopic (exact) mass is 274 g/mol. The molecular formula is C16H26N4. The smallest absolute Gasteiger partial charge is 0.120 e. The van der Waals surface area contributed by atoms with Crippen LogP contribution in [0.3, 0.4) is 0 Å². The van der Waals surface area contributed by atoms with E-state index < -0.39 is 0 Å². The van der Waals surface area contributed by atoms with Gasteiger partial charge in [-0.15, -0.1) is 0 Å². The molecule has 1 fully saturated rings. The van der Waals surface area contributed by atoms with Crippen molar-refractivity contribution < 1.29 is 0 Å². The third kappa shape index (κ3) is 3.41. The third-order valence-corrected chi connectivity index (χ3v) is 4.71.